The summed E-state index contributed by atoms with van der Waals surface area (Å²) in [4.78, 5) is 34.9. The predicted octanol–water partition coefficient (Wildman–Crippen LogP) is 1.72. The molecule has 0 saturated carbocycles. The van der Waals surface area contributed by atoms with E-state index in [0.717, 1.165) is 12.1 Å². The first kappa shape index (κ1) is 21.7. The molecule has 0 saturated heterocycles. The first-order valence-corrected chi connectivity index (χ1v) is 9.15. The third-order valence-electron chi connectivity index (χ3n) is 4.35. The number of hydrogen-bond donors (Lipinski definition) is 1. The van der Waals surface area contributed by atoms with E-state index in [0.29, 0.717) is 11.5 Å². The molecule has 3 rings (SSSR count). The number of nitro benzene ring substituents is 1. The summed E-state index contributed by atoms with van der Waals surface area (Å²) < 4.78 is 26.3. The molecule has 2 aromatic rings. The van der Waals surface area contributed by atoms with Gasteiger partial charge in [0.15, 0.2) is 29.6 Å². The number of nitrogens with zero attached hydrogens (tertiary/aromatic N) is 1. The first-order valence-electron chi connectivity index (χ1n) is 9.15. The van der Waals surface area contributed by atoms with Crippen molar-refractivity contribution in [3.63, 3.8) is 0 Å². The van der Waals surface area contributed by atoms with E-state index in [9.17, 15) is 19.7 Å². The topological polar surface area (TPSA) is 135 Å². The van der Waals surface area contributed by atoms with Crippen molar-refractivity contribution in [3.05, 3.63) is 52.1 Å². The molecule has 164 valence electrons. The molecule has 11 nitrogen and oxygen atoms in total. The van der Waals surface area contributed by atoms with E-state index in [2.05, 4.69) is 5.32 Å². The number of methoxy groups -OCH3 is 2. The molecular weight excluding hydrogens is 412 g/mol. The van der Waals surface area contributed by atoms with E-state index in [1.165, 1.54) is 14.2 Å². The number of fused-ring (bicyclic) bond motifs is 1. The van der Waals surface area contributed by atoms with Crippen LogP contribution in [0.25, 0.3) is 0 Å². The minimum Gasteiger partial charge on any atom is -0.493 e. The number of rotatable bonds is 8. The molecule has 1 atom stereocenters. The van der Waals surface area contributed by atoms with Gasteiger partial charge in [-0.2, -0.15) is 0 Å². The van der Waals surface area contributed by atoms with Crippen molar-refractivity contribution >= 4 is 17.6 Å². The number of esters is 1. The summed E-state index contributed by atoms with van der Waals surface area (Å²) in [6.45, 7) is -0.259. The molecule has 1 amide bonds. The number of benzene rings is 2. The van der Waals surface area contributed by atoms with Crippen LogP contribution in [0.2, 0.25) is 0 Å². The van der Waals surface area contributed by atoms with Crippen molar-refractivity contribution in [2.75, 3.05) is 34.0 Å². The fourth-order valence-corrected chi connectivity index (χ4v) is 2.83. The van der Waals surface area contributed by atoms with Gasteiger partial charge in [0.05, 0.1) is 31.8 Å². The zero-order chi connectivity index (χ0) is 22.4. The monoisotopic (exact) mass is 432 g/mol. The lowest BCUT2D eigenvalue weighted by atomic mass is 10.1. The maximum absolute atomic E-state index is 12.3. The number of carbonyl (C=O) groups excluding carboxylic acids is 2. The second kappa shape index (κ2) is 9.65. The Bertz CT molecular complexity index is 993. The highest BCUT2D eigenvalue weighted by Crippen LogP contribution is 2.35. The van der Waals surface area contributed by atoms with Crippen LogP contribution in [0.4, 0.5) is 5.69 Å². The van der Waals surface area contributed by atoms with Crippen LogP contribution in [0.1, 0.15) is 10.4 Å². The van der Waals surface area contributed by atoms with Crippen LogP contribution in [0.5, 0.6) is 23.0 Å². The maximum atomic E-state index is 12.3. The van der Waals surface area contributed by atoms with Crippen LogP contribution in [-0.2, 0) is 9.53 Å². The molecule has 1 N–H and O–H groups in total. The van der Waals surface area contributed by atoms with Gasteiger partial charge in [0, 0.05) is 6.07 Å². The van der Waals surface area contributed by atoms with Crippen molar-refractivity contribution < 1.29 is 38.2 Å². The van der Waals surface area contributed by atoms with E-state index in [-0.39, 0.29) is 30.2 Å². The standard InChI is InChI=1S/C20H20N2O9/c1-27-17-7-13(14(22(25)26)8-18(17)28-2)20(24)30-11-19(23)21-9-12-10-29-15-5-3-4-6-16(15)31-12/h3-8,12H,9-11H2,1-2H3,(H,21,23). The molecule has 1 heterocycles. The smallest absolute Gasteiger partial charge is 0.345 e. The zero-order valence-corrected chi connectivity index (χ0v) is 16.8. The lowest BCUT2D eigenvalue weighted by molar-refractivity contribution is -0.385. The van der Waals surface area contributed by atoms with Crippen molar-refractivity contribution in [2.24, 2.45) is 0 Å². The molecule has 2 aromatic carbocycles. The van der Waals surface area contributed by atoms with E-state index in [1.54, 1.807) is 18.2 Å². The Morgan fingerprint density at radius 3 is 2.52 bits per heavy atom. The number of nitro groups is 1. The normalized spacial score (nSPS) is 14.3. The SMILES string of the molecule is COc1cc(C(=O)OCC(=O)NCC2COc3ccccc3O2)c([N+](=O)[O-])cc1OC. The molecule has 0 aliphatic carbocycles. The summed E-state index contributed by atoms with van der Waals surface area (Å²) >= 11 is 0. The average Bonchev–Trinajstić information content (AvgIpc) is 2.79. The summed E-state index contributed by atoms with van der Waals surface area (Å²) in [7, 11) is 2.63. The van der Waals surface area contributed by atoms with Crippen LogP contribution in [0, 0.1) is 10.1 Å². The van der Waals surface area contributed by atoms with Gasteiger partial charge in [-0.15, -0.1) is 0 Å². The van der Waals surface area contributed by atoms with Gasteiger partial charge in [-0.25, -0.2) is 4.79 Å². The Hall–Kier alpha value is -4.02. The molecule has 1 aliphatic heterocycles. The van der Waals surface area contributed by atoms with E-state index >= 15 is 0 Å². The largest absolute Gasteiger partial charge is 0.493 e. The van der Waals surface area contributed by atoms with Gasteiger partial charge < -0.3 is 29.0 Å². The summed E-state index contributed by atoms with van der Waals surface area (Å²) in [6, 6.07) is 9.32. The van der Waals surface area contributed by atoms with Gasteiger partial charge in [-0.1, -0.05) is 12.1 Å². The fraction of sp³-hybridized carbons (Fsp3) is 0.300. The number of ether oxygens (including phenoxy) is 5. The predicted molar refractivity (Wildman–Crippen MR) is 106 cm³/mol. The summed E-state index contributed by atoms with van der Waals surface area (Å²) in [5, 5.41) is 13.9. The minimum atomic E-state index is -1.05. The van der Waals surface area contributed by atoms with Crippen LogP contribution in [0.3, 0.4) is 0 Å². The van der Waals surface area contributed by atoms with Gasteiger partial charge in [0.2, 0.25) is 0 Å². The van der Waals surface area contributed by atoms with Gasteiger partial charge >= 0.3 is 5.97 Å². The van der Waals surface area contributed by atoms with Crippen molar-refractivity contribution in [3.8, 4) is 23.0 Å². The Labute approximate surface area is 176 Å². The number of para-hydroxylation sites is 2. The number of carbonyl (C=O) groups is 2. The molecule has 0 radical (unpaired) electrons. The number of amides is 1. The summed E-state index contributed by atoms with van der Waals surface area (Å²) in [6.07, 6.45) is -0.415. The van der Waals surface area contributed by atoms with E-state index in [1.807, 2.05) is 6.07 Å². The lowest BCUT2D eigenvalue weighted by Crippen LogP contribution is -2.42. The third-order valence-corrected chi connectivity index (χ3v) is 4.35. The van der Waals surface area contributed by atoms with E-state index in [4.69, 9.17) is 23.7 Å². The Balaban J connectivity index is 1.56. The van der Waals surface area contributed by atoms with Crippen LogP contribution in [-0.4, -0.2) is 56.9 Å². The van der Waals surface area contributed by atoms with Crippen LogP contribution >= 0.6 is 0 Å². The second-order valence-electron chi connectivity index (χ2n) is 6.36. The van der Waals surface area contributed by atoms with Crippen molar-refractivity contribution in [1.82, 2.24) is 5.32 Å². The summed E-state index contributed by atoms with van der Waals surface area (Å²) in [5.74, 6) is -0.261. The van der Waals surface area contributed by atoms with Crippen LogP contribution < -0.4 is 24.3 Å². The third kappa shape index (κ3) is 5.13. The average molecular weight is 432 g/mol. The van der Waals surface area contributed by atoms with Crippen molar-refractivity contribution in [2.45, 2.75) is 6.10 Å². The van der Waals surface area contributed by atoms with Gasteiger partial charge in [0.1, 0.15) is 18.3 Å². The molecule has 0 fully saturated rings. The Kier molecular flexibility index (Phi) is 6.75. The molecule has 31 heavy (non-hydrogen) atoms. The zero-order valence-electron chi connectivity index (χ0n) is 16.8. The van der Waals surface area contributed by atoms with Gasteiger partial charge in [-0.3, -0.25) is 14.9 Å². The quantitative estimate of drug-likeness (QED) is 0.376. The molecule has 11 heteroatoms. The highest BCUT2D eigenvalue weighted by atomic mass is 16.6. The molecule has 1 unspecified atom stereocenters. The minimum absolute atomic E-state index is 0.0831. The maximum Gasteiger partial charge on any atom is 0.345 e. The fourth-order valence-electron chi connectivity index (χ4n) is 2.83. The number of hydrogen-bond acceptors (Lipinski definition) is 9. The molecular formula is C20H20N2O9. The Morgan fingerprint density at radius 1 is 1.16 bits per heavy atom. The van der Waals surface area contributed by atoms with E-state index < -0.39 is 35.2 Å². The molecule has 0 spiro atoms. The highest BCUT2D eigenvalue weighted by Gasteiger charge is 2.26. The van der Waals surface area contributed by atoms with Crippen molar-refractivity contribution in [1.29, 1.82) is 0 Å². The molecule has 1 aliphatic rings. The van der Waals surface area contributed by atoms with Crippen LogP contribution in [0.15, 0.2) is 36.4 Å². The second-order valence-corrected chi connectivity index (χ2v) is 6.36. The van der Waals surface area contributed by atoms with Gasteiger partial charge in [0.25, 0.3) is 11.6 Å². The number of nitrogens with one attached hydrogen (secondary N) is 1. The highest BCUT2D eigenvalue weighted by molar-refractivity contribution is 5.96. The first-order chi connectivity index (χ1) is 14.9. The van der Waals surface area contributed by atoms with Gasteiger partial charge in [-0.05, 0) is 12.1 Å². The summed E-state index contributed by atoms with van der Waals surface area (Å²) in [5.41, 5.74) is -0.898. The Morgan fingerprint density at radius 2 is 1.84 bits per heavy atom. The molecule has 0 aromatic heterocycles. The lowest BCUT2D eigenvalue weighted by Gasteiger charge is -2.26. The molecule has 0 bridgehead atoms.